The van der Waals surface area contributed by atoms with Gasteiger partial charge in [0, 0.05) is 13.3 Å². The molecule has 2 bridgehead atoms. The van der Waals surface area contributed by atoms with Crippen LogP contribution in [-0.2, 0) is 14.3 Å². The van der Waals surface area contributed by atoms with E-state index < -0.39 is 5.79 Å². The van der Waals surface area contributed by atoms with E-state index in [0.717, 1.165) is 12.8 Å². The minimum Gasteiger partial charge on any atom is -0.460 e. The van der Waals surface area contributed by atoms with Gasteiger partial charge < -0.3 is 9.47 Å². The van der Waals surface area contributed by atoms with Crippen molar-refractivity contribution < 1.29 is 14.3 Å². The molecule has 1 heterocycles. The summed E-state index contributed by atoms with van der Waals surface area (Å²) in [6, 6.07) is 0. The Morgan fingerprint density at radius 3 is 2.88 bits per heavy atom. The molecule has 86 valence electrons. The molecule has 0 aromatic rings. The normalized spacial score (nSPS) is 43.7. The van der Waals surface area contributed by atoms with Crippen LogP contribution < -0.4 is 0 Å². The van der Waals surface area contributed by atoms with Crippen LogP contribution in [-0.4, -0.2) is 11.8 Å². The fraction of sp³-hybridized carbons (Fsp3) is 0.615. The molecule has 0 saturated heterocycles. The zero-order chi connectivity index (χ0) is 11.2. The molecule has 0 aromatic heterocycles. The first-order chi connectivity index (χ1) is 7.66. The third-order valence-electron chi connectivity index (χ3n) is 3.80. The maximum absolute atomic E-state index is 12.0. The van der Waals surface area contributed by atoms with Gasteiger partial charge in [-0.05, 0) is 30.8 Å². The summed E-state index contributed by atoms with van der Waals surface area (Å²) < 4.78 is 10.8. The van der Waals surface area contributed by atoms with Crippen LogP contribution in [0.25, 0.3) is 0 Å². The van der Waals surface area contributed by atoms with Gasteiger partial charge in [-0.15, -0.1) is 0 Å². The van der Waals surface area contributed by atoms with Crippen molar-refractivity contribution in [1.29, 1.82) is 0 Å². The smallest absolute Gasteiger partial charge is 0.312 e. The van der Waals surface area contributed by atoms with Crippen molar-refractivity contribution in [3.63, 3.8) is 0 Å². The van der Waals surface area contributed by atoms with Crippen LogP contribution in [0.5, 0.6) is 0 Å². The van der Waals surface area contributed by atoms with E-state index in [0.29, 0.717) is 18.3 Å². The van der Waals surface area contributed by atoms with E-state index in [4.69, 9.17) is 9.47 Å². The molecule has 16 heavy (non-hydrogen) atoms. The van der Waals surface area contributed by atoms with E-state index in [1.165, 1.54) is 0 Å². The van der Waals surface area contributed by atoms with Crippen LogP contribution in [0, 0.1) is 17.8 Å². The molecule has 3 nitrogen and oxygen atoms in total. The van der Waals surface area contributed by atoms with E-state index in [9.17, 15) is 4.79 Å². The van der Waals surface area contributed by atoms with Crippen molar-refractivity contribution in [3.05, 3.63) is 24.5 Å². The number of rotatable bonds is 2. The number of allylic oxidation sites excluding steroid dienone is 2. The third-order valence-corrected chi connectivity index (χ3v) is 3.80. The molecule has 0 N–H and O–H groups in total. The first kappa shape index (κ1) is 9.94. The van der Waals surface area contributed by atoms with Crippen molar-refractivity contribution in [2.24, 2.45) is 17.8 Å². The van der Waals surface area contributed by atoms with Gasteiger partial charge in [0.15, 0.2) is 0 Å². The summed E-state index contributed by atoms with van der Waals surface area (Å²) >= 11 is 0. The predicted octanol–water partition coefficient (Wildman–Crippen LogP) is 2.39. The van der Waals surface area contributed by atoms with Crippen molar-refractivity contribution in [2.45, 2.75) is 32.0 Å². The maximum atomic E-state index is 12.0. The maximum Gasteiger partial charge on any atom is 0.312 e. The van der Waals surface area contributed by atoms with E-state index >= 15 is 0 Å². The summed E-state index contributed by atoms with van der Waals surface area (Å²) in [5, 5.41) is 0. The predicted molar refractivity (Wildman–Crippen MR) is 58.2 cm³/mol. The highest BCUT2D eigenvalue weighted by Gasteiger charge is 2.43. The van der Waals surface area contributed by atoms with Crippen LogP contribution in [0.1, 0.15) is 26.2 Å². The summed E-state index contributed by atoms with van der Waals surface area (Å²) in [4.78, 5) is 12.0. The van der Waals surface area contributed by atoms with E-state index in [1.54, 1.807) is 6.26 Å². The fourth-order valence-corrected chi connectivity index (χ4v) is 2.91. The molecule has 0 amide bonds. The van der Waals surface area contributed by atoms with Crippen LogP contribution in [0.15, 0.2) is 24.5 Å². The number of fused-ring (bicyclic) bond motifs is 2. The van der Waals surface area contributed by atoms with Gasteiger partial charge in [0.25, 0.3) is 5.79 Å². The summed E-state index contributed by atoms with van der Waals surface area (Å²) in [7, 11) is 0. The second-order valence-corrected chi connectivity index (χ2v) is 5.14. The lowest BCUT2D eigenvalue weighted by molar-refractivity contribution is -0.202. The van der Waals surface area contributed by atoms with Gasteiger partial charge in [-0.2, -0.15) is 0 Å². The molecule has 1 aliphatic heterocycles. The molecule has 0 aromatic carbocycles. The summed E-state index contributed by atoms with van der Waals surface area (Å²) in [6.45, 7) is 1.81. The average Bonchev–Trinajstić information content (AvgIpc) is 2.92. The van der Waals surface area contributed by atoms with Crippen LogP contribution >= 0.6 is 0 Å². The number of carbonyl (C=O) groups is 1. The quantitative estimate of drug-likeness (QED) is 0.529. The lowest BCUT2D eigenvalue weighted by Crippen LogP contribution is -2.34. The lowest BCUT2D eigenvalue weighted by atomic mass is 9.94. The highest BCUT2D eigenvalue weighted by molar-refractivity contribution is 5.74. The van der Waals surface area contributed by atoms with Gasteiger partial charge in [0.05, 0.1) is 12.2 Å². The van der Waals surface area contributed by atoms with Gasteiger partial charge in [-0.3, -0.25) is 4.79 Å². The summed E-state index contributed by atoms with van der Waals surface area (Å²) in [5.41, 5.74) is 0. The van der Waals surface area contributed by atoms with E-state index in [1.807, 2.05) is 13.0 Å². The first-order valence-electron chi connectivity index (χ1n) is 5.90. The molecular weight excluding hydrogens is 204 g/mol. The zero-order valence-electron chi connectivity index (χ0n) is 9.39. The number of esters is 1. The molecule has 4 atom stereocenters. The highest BCUT2D eigenvalue weighted by atomic mass is 16.7. The van der Waals surface area contributed by atoms with Gasteiger partial charge in [0.2, 0.25) is 0 Å². The molecule has 3 heteroatoms. The SMILES string of the molecule is C[C@]1(OC(=O)[C@H]2C[C@H]3C=C[C@H]2C3)CC=CO1. The second-order valence-electron chi connectivity index (χ2n) is 5.14. The molecule has 3 rings (SSSR count). The minimum absolute atomic E-state index is 0.0519. The average molecular weight is 220 g/mol. The number of hydrogen-bond donors (Lipinski definition) is 0. The lowest BCUT2D eigenvalue weighted by Gasteiger charge is -2.27. The Hall–Kier alpha value is -1.25. The Morgan fingerprint density at radius 2 is 2.31 bits per heavy atom. The largest absolute Gasteiger partial charge is 0.460 e. The molecule has 1 fully saturated rings. The first-order valence-corrected chi connectivity index (χ1v) is 5.90. The molecule has 0 unspecified atom stereocenters. The van der Waals surface area contributed by atoms with Crippen molar-refractivity contribution in [1.82, 2.24) is 0 Å². The molecular formula is C13H16O3. The summed E-state index contributed by atoms with van der Waals surface area (Å²) in [6.07, 6.45) is 10.6. The van der Waals surface area contributed by atoms with Gasteiger partial charge in [-0.1, -0.05) is 12.2 Å². The molecule has 2 aliphatic carbocycles. The Morgan fingerprint density at radius 1 is 1.44 bits per heavy atom. The van der Waals surface area contributed by atoms with Gasteiger partial charge >= 0.3 is 5.97 Å². The highest BCUT2D eigenvalue weighted by Crippen LogP contribution is 2.44. The van der Waals surface area contributed by atoms with E-state index in [2.05, 4.69) is 12.2 Å². The number of ether oxygens (including phenoxy) is 2. The van der Waals surface area contributed by atoms with Gasteiger partial charge in [0.1, 0.15) is 0 Å². The molecule has 0 spiro atoms. The zero-order valence-corrected chi connectivity index (χ0v) is 9.39. The summed E-state index contributed by atoms with van der Waals surface area (Å²) in [5.74, 6) is 0.190. The fourth-order valence-electron chi connectivity index (χ4n) is 2.91. The van der Waals surface area contributed by atoms with Gasteiger partial charge in [-0.25, -0.2) is 0 Å². The Kier molecular flexibility index (Phi) is 2.09. The Labute approximate surface area is 95.1 Å². The Balaban J connectivity index is 1.64. The molecule has 3 aliphatic rings. The number of hydrogen-bond acceptors (Lipinski definition) is 3. The van der Waals surface area contributed by atoms with Crippen LogP contribution in [0.2, 0.25) is 0 Å². The van der Waals surface area contributed by atoms with Crippen LogP contribution in [0.3, 0.4) is 0 Å². The van der Waals surface area contributed by atoms with Crippen molar-refractivity contribution in [3.8, 4) is 0 Å². The van der Waals surface area contributed by atoms with Crippen LogP contribution in [0.4, 0.5) is 0 Å². The topological polar surface area (TPSA) is 35.5 Å². The third kappa shape index (κ3) is 1.55. The monoisotopic (exact) mass is 220 g/mol. The Bertz CT molecular complexity index is 361. The standard InChI is InChI=1S/C13H16O3/c1-13(5-2-6-15-13)16-12(14)11-8-9-3-4-10(11)7-9/h2-4,6,9-11H,5,7-8H2,1H3/t9-,10-,11-,13-/m0/s1. The minimum atomic E-state index is -0.761. The van der Waals surface area contributed by atoms with E-state index in [-0.39, 0.29) is 11.9 Å². The van der Waals surface area contributed by atoms with Crippen molar-refractivity contribution in [2.75, 3.05) is 0 Å². The number of carbonyl (C=O) groups excluding carboxylic acids is 1. The van der Waals surface area contributed by atoms with Crippen molar-refractivity contribution >= 4 is 5.97 Å². The molecule has 1 saturated carbocycles. The molecule has 0 radical (unpaired) electrons. The second kappa shape index (κ2) is 3.37.